The van der Waals surface area contributed by atoms with Gasteiger partial charge >= 0.3 is 0 Å². The van der Waals surface area contributed by atoms with E-state index in [4.69, 9.17) is 0 Å². The summed E-state index contributed by atoms with van der Waals surface area (Å²) in [6, 6.07) is 14.7. The third kappa shape index (κ3) is 5.77. The third-order valence-electron chi connectivity index (χ3n) is 5.96. The molecular formula is C24H29N3O4S2. The lowest BCUT2D eigenvalue weighted by Crippen LogP contribution is -2.43. The maximum absolute atomic E-state index is 13.2. The van der Waals surface area contributed by atoms with Crippen LogP contribution in [0.1, 0.15) is 31.2 Å². The van der Waals surface area contributed by atoms with Crippen LogP contribution < -0.4 is 10.2 Å². The number of nitrogens with zero attached hydrogens (tertiary/aromatic N) is 2. The molecule has 7 nitrogen and oxygen atoms in total. The van der Waals surface area contributed by atoms with Gasteiger partial charge in [-0.1, -0.05) is 43.2 Å². The van der Waals surface area contributed by atoms with Crippen LogP contribution in [0.4, 0.5) is 5.69 Å². The Morgan fingerprint density at radius 3 is 2.45 bits per heavy atom. The van der Waals surface area contributed by atoms with Crippen LogP contribution in [0, 0.1) is 0 Å². The van der Waals surface area contributed by atoms with Crippen LogP contribution in [-0.2, 0) is 26.0 Å². The summed E-state index contributed by atoms with van der Waals surface area (Å²) in [6.45, 7) is 1.49. The van der Waals surface area contributed by atoms with Crippen LogP contribution in [0.15, 0.2) is 58.3 Å². The van der Waals surface area contributed by atoms with Gasteiger partial charge in [0.25, 0.3) is 0 Å². The molecule has 1 N–H and O–H groups in total. The minimum absolute atomic E-state index is 0.0839. The number of carbonyl (C=O) groups excluding carboxylic acids is 2. The van der Waals surface area contributed by atoms with Gasteiger partial charge in [-0.25, -0.2) is 8.42 Å². The molecule has 0 aliphatic carbocycles. The predicted octanol–water partition coefficient (Wildman–Crippen LogP) is 3.05. The zero-order valence-electron chi connectivity index (χ0n) is 18.5. The summed E-state index contributed by atoms with van der Waals surface area (Å²) in [5, 5.41) is 2.87. The molecule has 1 saturated heterocycles. The first-order chi connectivity index (χ1) is 15.9. The van der Waals surface area contributed by atoms with E-state index in [0.29, 0.717) is 36.6 Å². The van der Waals surface area contributed by atoms with Gasteiger partial charge in [0.2, 0.25) is 21.8 Å². The van der Waals surface area contributed by atoms with E-state index in [1.54, 1.807) is 22.5 Å². The van der Waals surface area contributed by atoms with Crippen molar-refractivity contribution >= 4 is 39.3 Å². The van der Waals surface area contributed by atoms with Crippen LogP contribution >= 0.6 is 11.8 Å². The maximum atomic E-state index is 13.2. The highest BCUT2D eigenvalue weighted by atomic mass is 32.2. The van der Waals surface area contributed by atoms with Crippen molar-refractivity contribution in [2.75, 3.05) is 36.8 Å². The molecule has 0 spiro atoms. The van der Waals surface area contributed by atoms with Crippen molar-refractivity contribution < 1.29 is 18.0 Å². The summed E-state index contributed by atoms with van der Waals surface area (Å²) in [6.07, 6.45) is 4.57. The Morgan fingerprint density at radius 2 is 1.73 bits per heavy atom. The lowest BCUT2D eigenvalue weighted by atomic mass is 10.1. The number of thioether (sulfide) groups is 1. The summed E-state index contributed by atoms with van der Waals surface area (Å²) in [5.74, 6) is -0.218. The van der Waals surface area contributed by atoms with Crippen molar-refractivity contribution in [2.45, 2.75) is 41.9 Å². The van der Waals surface area contributed by atoms with Gasteiger partial charge in [0.15, 0.2) is 0 Å². The van der Waals surface area contributed by atoms with Gasteiger partial charge in [-0.15, -0.1) is 11.8 Å². The molecule has 0 unspecified atom stereocenters. The molecule has 0 radical (unpaired) electrons. The number of hydrogen-bond acceptors (Lipinski definition) is 5. The van der Waals surface area contributed by atoms with Crippen molar-refractivity contribution in [1.29, 1.82) is 0 Å². The van der Waals surface area contributed by atoms with E-state index in [2.05, 4.69) is 5.32 Å². The number of hydrogen-bond donors (Lipinski definition) is 1. The van der Waals surface area contributed by atoms with Gasteiger partial charge < -0.3 is 10.2 Å². The first kappa shape index (κ1) is 23.8. The number of anilines is 1. The number of rotatable bonds is 7. The smallest absolute Gasteiger partial charge is 0.243 e. The Labute approximate surface area is 199 Å². The first-order valence-electron chi connectivity index (χ1n) is 11.3. The van der Waals surface area contributed by atoms with Gasteiger partial charge in [-0.05, 0) is 43.0 Å². The largest absolute Gasteiger partial charge is 0.354 e. The number of nitrogens with one attached hydrogen (secondary N) is 1. The molecule has 33 heavy (non-hydrogen) atoms. The van der Waals surface area contributed by atoms with Crippen LogP contribution in [0.5, 0.6) is 0 Å². The van der Waals surface area contributed by atoms with Crippen molar-refractivity contribution in [3.05, 3.63) is 54.1 Å². The zero-order chi connectivity index (χ0) is 23.3. The number of benzene rings is 2. The van der Waals surface area contributed by atoms with Crippen molar-refractivity contribution in [1.82, 2.24) is 9.62 Å². The monoisotopic (exact) mass is 487 g/mol. The normalized spacial score (nSPS) is 17.3. The molecule has 0 aromatic heterocycles. The van der Waals surface area contributed by atoms with Crippen LogP contribution in [-0.4, -0.2) is 56.5 Å². The molecule has 9 heteroatoms. The zero-order valence-corrected chi connectivity index (χ0v) is 20.2. The highest BCUT2D eigenvalue weighted by Crippen LogP contribution is 2.37. The fraction of sp³-hybridized carbons (Fsp3) is 0.417. The van der Waals surface area contributed by atoms with E-state index in [1.807, 2.05) is 30.3 Å². The van der Waals surface area contributed by atoms with E-state index >= 15 is 0 Å². The minimum atomic E-state index is -3.57. The average molecular weight is 488 g/mol. The van der Waals surface area contributed by atoms with Crippen molar-refractivity contribution in [3.63, 3.8) is 0 Å². The van der Waals surface area contributed by atoms with Gasteiger partial charge in [0.05, 0.1) is 16.3 Å². The Morgan fingerprint density at radius 1 is 1.00 bits per heavy atom. The predicted molar refractivity (Wildman–Crippen MR) is 130 cm³/mol. The Bertz CT molecular complexity index is 1100. The highest BCUT2D eigenvalue weighted by Gasteiger charge is 2.30. The fourth-order valence-corrected chi connectivity index (χ4v) is 6.73. The van der Waals surface area contributed by atoms with E-state index in [-0.39, 0.29) is 29.0 Å². The van der Waals surface area contributed by atoms with Gasteiger partial charge in [-0.2, -0.15) is 4.31 Å². The number of amides is 2. The lowest BCUT2D eigenvalue weighted by molar-refractivity contribution is -0.122. The van der Waals surface area contributed by atoms with Gasteiger partial charge in [-0.3, -0.25) is 9.59 Å². The average Bonchev–Trinajstić information content (AvgIpc) is 3.12. The Balaban J connectivity index is 1.44. The van der Waals surface area contributed by atoms with E-state index in [0.717, 1.165) is 31.2 Å². The number of fused-ring (bicyclic) bond motifs is 1. The molecule has 2 aromatic carbocycles. The summed E-state index contributed by atoms with van der Waals surface area (Å²) >= 11 is 1.32. The van der Waals surface area contributed by atoms with Crippen LogP contribution in [0.3, 0.4) is 0 Å². The minimum Gasteiger partial charge on any atom is -0.354 e. The third-order valence-corrected chi connectivity index (χ3v) is 8.88. The number of sulfonamides is 1. The summed E-state index contributed by atoms with van der Waals surface area (Å²) in [7, 11) is -3.57. The molecule has 4 rings (SSSR count). The quantitative estimate of drug-likeness (QED) is 0.649. The van der Waals surface area contributed by atoms with E-state index in [1.165, 1.54) is 16.7 Å². The molecule has 0 saturated carbocycles. The second-order valence-electron chi connectivity index (χ2n) is 8.30. The van der Waals surface area contributed by atoms with Crippen LogP contribution in [0.25, 0.3) is 0 Å². The van der Waals surface area contributed by atoms with Crippen LogP contribution in [0.2, 0.25) is 0 Å². The molecule has 1 fully saturated rings. The Hall–Kier alpha value is -2.36. The molecular weight excluding hydrogens is 458 g/mol. The van der Waals surface area contributed by atoms with Crippen molar-refractivity contribution in [2.24, 2.45) is 0 Å². The standard InChI is InChI=1S/C24H29N3O4S2/c28-23(25-13-12-19-8-4-3-5-9-19)17-27-21-11-10-20(16-22(21)32-18-24(27)29)33(30,31)26-14-6-1-2-7-15-26/h3-5,8-11,16H,1-2,6-7,12-15,17-18H2,(H,25,28). The van der Waals surface area contributed by atoms with E-state index in [9.17, 15) is 18.0 Å². The molecule has 2 aliphatic rings. The molecule has 0 bridgehead atoms. The van der Waals surface area contributed by atoms with Crippen molar-refractivity contribution in [3.8, 4) is 0 Å². The molecule has 176 valence electrons. The Kier molecular flexibility index (Phi) is 7.72. The molecule has 0 atom stereocenters. The molecule has 2 aliphatic heterocycles. The molecule has 2 aromatic rings. The summed E-state index contributed by atoms with van der Waals surface area (Å²) in [4.78, 5) is 27.5. The first-order valence-corrected chi connectivity index (χ1v) is 13.8. The molecule has 2 heterocycles. The topological polar surface area (TPSA) is 86.8 Å². The maximum Gasteiger partial charge on any atom is 0.243 e. The second kappa shape index (κ2) is 10.7. The van der Waals surface area contributed by atoms with Gasteiger partial charge in [0, 0.05) is 24.5 Å². The lowest BCUT2D eigenvalue weighted by Gasteiger charge is -2.29. The highest BCUT2D eigenvalue weighted by molar-refractivity contribution is 8.00. The summed E-state index contributed by atoms with van der Waals surface area (Å²) in [5.41, 5.74) is 1.72. The fourth-order valence-electron chi connectivity index (χ4n) is 4.14. The SMILES string of the molecule is O=C(CN1C(=O)CSc2cc(S(=O)(=O)N3CCCCCC3)ccc21)NCCc1ccccc1. The van der Waals surface area contributed by atoms with E-state index < -0.39 is 10.0 Å². The summed E-state index contributed by atoms with van der Waals surface area (Å²) < 4.78 is 27.9. The number of carbonyl (C=O) groups is 2. The van der Waals surface area contributed by atoms with Gasteiger partial charge in [0.1, 0.15) is 6.54 Å². The molecule has 2 amide bonds. The second-order valence-corrected chi connectivity index (χ2v) is 11.3.